The van der Waals surface area contributed by atoms with Gasteiger partial charge in [0.15, 0.2) is 0 Å². The summed E-state index contributed by atoms with van der Waals surface area (Å²) in [6.07, 6.45) is 2.62. The molecule has 3 saturated heterocycles. The van der Waals surface area contributed by atoms with E-state index in [9.17, 15) is 27.6 Å². The van der Waals surface area contributed by atoms with Crippen molar-refractivity contribution < 1.29 is 27.6 Å². The van der Waals surface area contributed by atoms with Crippen LogP contribution in [0.15, 0.2) is 30.5 Å². The second-order valence-corrected chi connectivity index (χ2v) is 11.9. The number of aromatic nitrogens is 2. The SMILES string of the molecule is CC(=O)N1CCC[C@H]1C(=O)N1CCC(n2ncc(C(=O)N3CC[C@@H](c4ccccc4C(F)(F)F)C3)c2C2CC2)CC1. The molecule has 4 heterocycles. The lowest BCUT2D eigenvalue weighted by atomic mass is 9.93. The van der Waals surface area contributed by atoms with Crippen LogP contribution in [-0.4, -0.2) is 81.0 Å². The molecular formula is C30H36F3N5O3. The van der Waals surface area contributed by atoms with Gasteiger partial charge in [0.25, 0.3) is 5.91 Å². The Morgan fingerprint density at radius 1 is 0.878 bits per heavy atom. The van der Waals surface area contributed by atoms with Crippen LogP contribution in [0.1, 0.15) is 96.9 Å². The summed E-state index contributed by atoms with van der Waals surface area (Å²) in [7, 11) is 0. The molecule has 1 saturated carbocycles. The first-order valence-corrected chi connectivity index (χ1v) is 14.7. The summed E-state index contributed by atoms with van der Waals surface area (Å²) in [4.78, 5) is 44.0. The van der Waals surface area contributed by atoms with Crippen LogP contribution in [0.4, 0.5) is 13.2 Å². The average Bonchev–Trinajstić information content (AvgIpc) is 3.35. The van der Waals surface area contributed by atoms with Crippen LogP contribution in [0, 0.1) is 0 Å². The molecule has 0 spiro atoms. The van der Waals surface area contributed by atoms with Crippen LogP contribution >= 0.6 is 0 Å². The van der Waals surface area contributed by atoms with Crippen molar-refractivity contribution in [3.8, 4) is 0 Å². The minimum atomic E-state index is -4.43. The number of likely N-dealkylation sites (tertiary alicyclic amines) is 3. The van der Waals surface area contributed by atoms with Crippen molar-refractivity contribution in [3.05, 3.63) is 52.8 Å². The highest BCUT2D eigenvalue weighted by Crippen LogP contribution is 2.44. The molecule has 3 aliphatic heterocycles. The maximum atomic E-state index is 13.7. The van der Waals surface area contributed by atoms with E-state index in [0.717, 1.165) is 31.0 Å². The Bertz CT molecular complexity index is 1330. The largest absolute Gasteiger partial charge is 0.416 e. The lowest BCUT2D eigenvalue weighted by molar-refractivity contribution is -0.143. The Kier molecular flexibility index (Phi) is 7.32. The van der Waals surface area contributed by atoms with Crippen molar-refractivity contribution in [1.29, 1.82) is 0 Å². The number of halogens is 3. The summed E-state index contributed by atoms with van der Waals surface area (Å²) in [6.45, 7) is 3.95. The molecule has 41 heavy (non-hydrogen) atoms. The Morgan fingerprint density at radius 2 is 1.59 bits per heavy atom. The lowest BCUT2D eigenvalue weighted by Gasteiger charge is -2.36. The first-order valence-electron chi connectivity index (χ1n) is 14.7. The number of carbonyl (C=O) groups excluding carboxylic acids is 3. The summed E-state index contributed by atoms with van der Waals surface area (Å²) in [6, 6.07) is 5.35. The topological polar surface area (TPSA) is 78.8 Å². The number of nitrogens with zero attached hydrogens (tertiary/aromatic N) is 5. The molecule has 4 fully saturated rings. The van der Waals surface area contributed by atoms with Gasteiger partial charge in [0.2, 0.25) is 11.8 Å². The van der Waals surface area contributed by atoms with Gasteiger partial charge < -0.3 is 14.7 Å². The number of benzene rings is 1. The van der Waals surface area contributed by atoms with E-state index in [0.29, 0.717) is 57.4 Å². The van der Waals surface area contributed by atoms with E-state index >= 15 is 0 Å². The van der Waals surface area contributed by atoms with Crippen molar-refractivity contribution in [2.24, 2.45) is 0 Å². The Labute approximate surface area is 237 Å². The molecule has 4 aliphatic rings. The zero-order valence-corrected chi connectivity index (χ0v) is 23.3. The third-order valence-electron chi connectivity index (χ3n) is 9.27. The van der Waals surface area contributed by atoms with Gasteiger partial charge in [-0.15, -0.1) is 0 Å². The van der Waals surface area contributed by atoms with Crippen molar-refractivity contribution in [3.63, 3.8) is 0 Å². The first kappa shape index (κ1) is 27.8. The molecule has 1 aromatic carbocycles. The number of hydrogen-bond acceptors (Lipinski definition) is 4. The standard InChI is InChI=1S/C30H36F3N5O3/c1-19(39)37-13-4-7-26(37)29(41)35-15-11-22(12-16-35)38-27(20-8-9-20)24(17-34-38)28(40)36-14-10-21(18-36)23-5-2-3-6-25(23)30(31,32)33/h2-3,5-6,17,20-22,26H,4,7-16,18H2,1H3/t21-,26+/m1/s1. The maximum Gasteiger partial charge on any atom is 0.416 e. The Hall–Kier alpha value is -3.37. The van der Waals surface area contributed by atoms with Gasteiger partial charge in [0, 0.05) is 51.5 Å². The van der Waals surface area contributed by atoms with Gasteiger partial charge in [-0.1, -0.05) is 18.2 Å². The zero-order valence-electron chi connectivity index (χ0n) is 23.3. The molecule has 0 radical (unpaired) electrons. The minimum absolute atomic E-state index is 0.0191. The number of alkyl halides is 3. The fourth-order valence-corrected chi connectivity index (χ4v) is 7.01. The highest BCUT2D eigenvalue weighted by atomic mass is 19.4. The molecule has 0 N–H and O–H groups in total. The molecule has 2 atom stereocenters. The van der Waals surface area contributed by atoms with Gasteiger partial charge in [-0.05, 0) is 56.6 Å². The van der Waals surface area contributed by atoms with Crippen molar-refractivity contribution in [2.75, 3.05) is 32.7 Å². The van der Waals surface area contributed by atoms with Gasteiger partial charge in [-0.2, -0.15) is 18.3 Å². The molecule has 2 aromatic rings. The van der Waals surface area contributed by atoms with Gasteiger partial charge in [-0.25, -0.2) is 0 Å². The molecule has 11 heteroatoms. The number of hydrogen-bond donors (Lipinski definition) is 0. The predicted octanol–water partition coefficient (Wildman–Crippen LogP) is 4.58. The van der Waals surface area contributed by atoms with Gasteiger partial charge in [0.1, 0.15) is 6.04 Å². The van der Waals surface area contributed by atoms with E-state index in [1.165, 1.54) is 19.1 Å². The minimum Gasteiger partial charge on any atom is -0.341 e. The molecule has 6 rings (SSSR count). The monoisotopic (exact) mass is 571 g/mol. The van der Waals surface area contributed by atoms with Gasteiger partial charge >= 0.3 is 6.18 Å². The number of rotatable bonds is 5. The average molecular weight is 572 g/mol. The van der Waals surface area contributed by atoms with Crippen molar-refractivity contribution in [1.82, 2.24) is 24.5 Å². The molecule has 1 aromatic heterocycles. The second kappa shape index (κ2) is 10.8. The highest BCUT2D eigenvalue weighted by molar-refractivity contribution is 5.95. The van der Waals surface area contributed by atoms with E-state index in [4.69, 9.17) is 0 Å². The maximum absolute atomic E-state index is 13.7. The predicted molar refractivity (Wildman–Crippen MR) is 144 cm³/mol. The van der Waals surface area contributed by atoms with Crippen molar-refractivity contribution in [2.45, 2.75) is 82.0 Å². The zero-order chi connectivity index (χ0) is 28.9. The van der Waals surface area contributed by atoms with Gasteiger partial charge in [0.05, 0.1) is 29.1 Å². The highest BCUT2D eigenvalue weighted by Gasteiger charge is 2.41. The van der Waals surface area contributed by atoms with E-state index in [2.05, 4.69) is 5.10 Å². The van der Waals surface area contributed by atoms with Crippen LogP contribution < -0.4 is 0 Å². The van der Waals surface area contributed by atoms with Crippen LogP contribution in [0.2, 0.25) is 0 Å². The fraction of sp³-hybridized carbons (Fsp3) is 0.600. The quantitative estimate of drug-likeness (QED) is 0.526. The van der Waals surface area contributed by atoms with E-state index < -0.39 is 11.7 Å². The number of amides is 3. The van der Waals surface area contributed by atoms with Crippen LogP contribution in [-0.2, 0) is 15.8 Å². The molecule has 3 amide bonds. The first-order chi connectivity index (χ1) is 19.6. The molecule has 220 valence electrons. The van der Waals surface area contributed by atoms with Gasteiger partial charge in [-0.3, -0.25) is 19.1 Å². The molecule has 1 aliphatic carbocycles. The number of piperidine rings is 1. The Balaban J connectivity index is 1.14. The normalized spacial score (nSPS) is 23.9. The van der Waals surface area contributed by atoms with Crippen LogP contribution in [0.5, 0.6) is 0 Å². The third-order valence-corrected chi connectivity index (χ3v) is 9.27. The summed E-state index contributed by atoms with van der Waals surface area (Å²) >= 11 is 0. The summed E-state index contributed by atoms with van der Waals surface area (Å²) in [5, 5.41) is 4.66. The van der Waals surface area contributed by atoms with E-state index in [-0.39, 0.29) is 53.7 Å². The van der Waals surface area contributed by atoms with Crippen LogP contribution in [0.3, 0.4) is 0 Å². The fourth-order valence-electron chi connectivity index (χ4n) is 7.01. The third kappa shape index (κ3) is 5.35. The van der Waals surface area contributed by atoms with Crippen LogP contribution in [0.25, 0.3) is 0 Å². The lowest BCUT2D eigenvalue weighted by Crippen LogP contribution is -2.49. The molecule has 0 unspecified atom stereocenters. The molecule has 0 bridgehead atoms. The smallest absolute Gasteiger partial charge is 0.341 e. The summed E-state index contributed by atoms with van der Waals surface area (Å²) in [5.41, 5.74) is 1.10. The second-order valence-electron chi connectivity index (χ2n) is 11.9. The number of carbonyl (C=O) groups is 3. The van der Waals surface area contributed by atoms with E-state index in [1.54, 1.807) is 22.1 Å². The molecule has 8 nitrogen and oxygen atoms in total. The summed E-state index contributed by atoms with van der Waals surface area (Å²) in [5.74, 6) is -0.318. The van der Waals surface area contributed by atoms with E-state index in [1.807, 2.05) is 9.58 Å². The Morgan fingerprint density at radius 3 is 2.27 bits per heavy atom. The molecular weight excluding hydrogens is 535 g/mol. The van der Waals surface area contributed by atoms with Crippen molar-refractivity contribution >= 4 is 17.7 Å². The summed E-state index contributed by atoms with van der Waals surface area (Å²) < 4.78 is 42.8.